The van der Waals surface area contributed by atoms with Crippen LogP contribution in [0.15, 0.2) is 60.4 Å². The maximum atomic E-state index is 8.90. The minimum Gasteiger partial charge on any atom is -0.0794 e. The lowest BCUT2D eigenvalue weighted by Gasteiger charge is -2.24. The van der Waals surface area contributed by atoms with E-state index in [0.717, 1.165) is 0 Å². The smallest absolute Gasteiger partial charge is 0.0794 e. The van der Waals surface area contributed by atoms with Crippen LogP contribution < -0.4 is 5.46 Å². The van der Waals surface area contributed by atoms with Crippen molar-refractivity contribution >= 4 is 22.9 Å². The Morgan fingerprint density at radius 1 is 0.900 bits per heavy atom. The highest BCUT2D eigenvalue weighted by Crippen LogP contribution is 2.31. The van der Waals surface area contributed by atoms with Crippen LogP contribution in [0.1, 0.15) is 35.9 Å². The highest BCUT2D eigenvalue weighted by molar-refractivity contribution is 6.73. The summed E-state index contributed by atoms with van der Waals surface area (Å²) in [6.07, 6.45) is -5.74. The Labute approximate surface area is 140 Å². The molecular weight excluding hydrogens is 239 g/mol. The maximum absolute atomic E-state index is 8.90. The first kappa shape index (κ1) is 4.24. The molecule has 1 aliphatic rings. The van der Waals surface area contributed by atoms with E-state index in [1.54, 1.807) is 0 Å². The van der Waals surface area contributed by atoms with Crippen LogP contribution in [-0.4, -0.2) is 6.71 Å². The lowest BCUT2D eigenvalue weighted by atomic mass is 9.37. The van der Waals surface area contributed by atoms with Crippen molar-refractivity contribution in [3.63, 3.8) is 0 Å². The standard InChI is InChI=1S/C19H17B/c1-14-10-11-16-13-20(17-7-3-2-4-8-17)12-15-6-5-9-18(14)19(15)16/h2-11H,12-13H2,1H3/i2D,3D,4D,5D,6D,7D,8D,9D,10D,11D,12D2,13D2. The Morgan fingerprint density at radius 2 is 1.65 bits per heavy atom. The summed E-state index contributed by atoms with van der Waals surface area (Å²) < 4.78 is 118. The molecule has 0 unspecified atom stereocenters. The van der Waals surface area contributed by atoms with Gasteiger partial charge >= 0.3 is 0 Å². The topological polar surface area (TPSA) is 0 Å². The van der Waals surface area contributed by atoms with Crippen LogP contribution in [0, 0.1) is 6.92 Å². The third kappa shape index (κ3) is 1.77. The van der Waals surface area contributed by atoms with Crippen molar-refractivity contribution in [2.45, 2.75) is 19.5 Å². The highest BCUT2D eigenvalue weighted by atomic mass is 14.1. The first-order chi connectivity index (χ1) is 15.5. The molecule has 3 aromatic carbocycles. The predicted octanol–water partition coefficient (Wildman–Crippen LogP) is 3.73. The zero-order valence-corrected chi connectivity index (χ0v) is 10.6. The highest BCUT2D eigenvalue weighted by Gasteiger charge is 2.25. The maximum Gasteiger partial charge on any atom is 0.184 e. The van der Waals surface area contributed by atoms with Crippen molar-refractivity contribution in [2.24, 2.45) is 0 Å². The van der Waals surface area contributed by atoms with E-state index in [2.05, 4.69) is 0 Å². The van der Waals surface area contributed by atoms with E-state index in [4.69, 9.17) is 19.2 Å². The molecule has 0 saturated carbocycles. The molecule has 1 heterocycles. The molecule has 0 aliphatic carbocycles. The van der Waals surface area contributed by atoms with Gasteiger partial charge in [-0.15, -0.1) is 0 Å². The van der Waals surface area contributed by atoms with E-state index in [0.29, 0.717) is 0 Å². The number of rotatable bonds is 1. The van der Waals surface area contributed by atoms with E-state index in [1.807, 2.05) is 0 Å². The molecule has 0 fully saturated rings. The number of hydrogen-bond acceptors (Lipinski definition) is 0. The molecule has 0 nitrogen and oxygen atoms in total. The van der Waals surface area contributed by atoms with Gasteiger partial charge in [0.1, 0.15) is 0 Å². The van der Waals surface area contributed by atoms with Crippen molar-refractivity contribution < 1.29 is 19.2 Å². The molecule has 0 saturated heterocycles. The SMILES string of the molecule is [2H]c1c([2H])c([2H])c(B2C([2H])([2H])c3c([2H])c([2H])c([2H])c4c(C)c([2H])c([2H])c(c34)C2([2H])[2H])c([2H])c1[2H]. The van der Waals surface area contributed by atoms with Crippen LogP contribution in [0.2, 0.25) is 0 Å². The monoisotopic (exact) mass is 270 g/mol. The summed E-state index contributed by atoms with van der Waals surface area (Å²) >= 11 is 0. The normalized spacial score (nSPS) is 28.8. The molecule has 0 radical (unpaired) electrons. The lowest BCUT2D eigenvalue weighted by molar-refractivity contribution is 1.25. The van der Waals surface area contributed by atoms with Crippen LogP contribution >= 0.6 is 0 Å². The Hall–Kier alpha value is -2.02. The summed E-state index contributed by atoms with van der Waals surface area (Å²) in [4.78, 5) is 0. The lowest BCUT2D eigenvalue weighted by Crippen LogP contribution is -2.37. The van der Waals surface area contributed by atoms with Gasteiger partial charge < -0.3 is 0 Å². The van der Waals surface area contributed by atoms with Gasteiger partial charge in [-0.05, 0) is 46.9 Å². The molecular formula is C19H17B. The van der Waals surface area contributed by atoms with Crippen molar-refractivity contribution in [3.05, 3.63) is 77.1 Å². The van der Waals surface area contributed by atoms with E-state index in [9.17, 15) is 0 Å². The summed E-state index contributed by atoms with van der Waals surface area (Å²) in [5.74, 6) is 0. The van der Waals surface area contributed by atoms with E-state index in [-0.39, 0.29) is 16.3 Å². The molecule has 3 aromatic rings. The first-order valence-electron chi connectivity index (χ1n) is 13.1. The zero-order chi connectivity index (χ0) is 25.8. The number of aryl methyl sites for hydroxylation is 1. The Morgan fingerprint density at radius 3 is 2.45 bits per heavy atom. The van der Waals surface area contributed by atoms with E-state index in [1.165, 1.54) is 6.92 Å². The third-order valence-corrected chi connectivity index (χ3v) is 3.26. The predicted molar refractivity (Wildman–Crippen MR) is 87.9 cm³/mol. The van der Waals surface area contributed by atoms with Gasteiger partial charge in [-0.2, -0.15) is 0 Å². The van der Waals surface area contributed by atoms with Gasteiger partial charge in [0.05, 0.1) is 13.7 Å². The first-order valence-corrected chi connectivity index (χ1v) is 6.12. The average molecular weight is 270 g/mol. The van der Waals surface area contributed by atoms with Crippen LogP contribution in [-0.2, 0) is 12.5 Å². The van der Waals surface area contributed by atoms with Crippen molar-refractivity contribution in [2.75, 3.05) is 0 Å². The zero-order valence-electron chi connectivity index (χ0n) is 24.6. The van der Waals surface area contributed by atoms with Crippen LogP contribution in [0.3, 0.4) is 0 Å². The van der Waals surface area contributed by atoms with Gasteiger partial charge in [0.2, 0.25) is 0 Å². The second kappa shape index (κ2) is 4.52. The minimum atomic E-state index is -2.87. The fourth-order valence-electron chi connectivity index (χ4n) is 2.31. The van der Waals surface area contributed by atoms with Crippen molar-refractivity contribution in [1.29, 1.82) is 0 Å². The largest absolute Gasteiger partial charge is 0.184 e. The molecule has 0 atom stereocenters. The Balaban J connectivity index is 2.31. The second-order valence-electron chi connectivity index (χ2n) is 4.51. The summed E-state index contributed by atoms with van der Waals surface area (Å²) in [6, 6.07) is -6.86. The summed E-state index contributed by atoms with van der Waals surface area (Å²) in [5.41, 5.74) is -1.59. The fraction of sp³-hybridized carbons (Fsp3) is 0.158. The third-order valence-electron chi connectivity index (χ3n) is 3.26. The van der Waals surface area contributed by atoms with Gasteiger partial charge in [0.25, 0.3) is 0 Å². The van der Waals surface area contributed by atoms with Crippen LogP contribution in [0.25, 0.3) is 10.8 Å². The van der Waals surface area contributed by atoms with E-state index >= 15 is 0 Å². The number of benzene rings is 3. The number of hydrogen-bond donors (Lipinski definition) is 0. The molecule has 4 rings (SSSR count). The molecule has 1 aliphatic heterocycles. The van der Waals surface area contributed by atoms with Gasteiger partial charge in [0, 0.05) is 5.48 Å². The Kier molecular flexibility index (Phi) is 0.958. The summed E-state index contributed by atoms with van der Waals surface area (Å²) in [5, 5.41) is -0.359. The summed E-state index contributed by atoms with van der Waals surface area (Å²) in [6.45, 7) is -0.701. The van der Waals surface area contributed by atoms with Crippen LogP contribution in [0.4, 0.5) is 0 Å². The molecule has 1 heteroatoms. The van der Waals surface area contributed by atoms with Gasteiger partial charge in [-0.3, -0.25) is 0 Å². The average Bonchev–Trinajstić information content (AvgIpc) is 2.74. The molecule has 0 bridgehead atoms. The molecule has 0 spiro atoms. The van der Waals surface area contributed by atoms with Crippen LogP contribution in [0.5, 0.6) is 0 Å². The van der Waals surface area contributed by atoms with Gasteiger partial charge in [-0.25, -0.2) is 0 Å². The molecule has 0 N–H and O–H groups in total. The second-order valence-corrected chi connectivity index (χ2v) is 4.51. The van der Waals surface area contributed by atoms with Gasteiger partial charge in [0.15, 0.2) is 6.71 Å². The van der Waals surface area contributed by atoms with Crippen molar-refractivity contribution in [1.82, 2.24) is 0 Å². The molecule has 20 heavy (non-hydrogen) atoms. The quantitative estimate of drug-likeness (QED) is 0.591. The molecule has 0 amide bonds. The molecule has 0 aromatic heterocycles. The summed E-state index contributed by atoms with van der Waals surface area (Å²) in [7, 11) is 0. The minimum absolute atomic E-state index is 0.0661. The van der Waals surface area contributed by atoms with Gasteiger partial charge in [-0.1, -0.05) is 65.9 Å². The fourth-order valence-corrected chi connectivity index (χ4v) is 2.31. The Bertz CT molecular complexity index is 1330. The van der Waals surface area contributed by atoms with Crippen molar-refractivity contribution in [3.8, 4) is 0 Å². The van der Waals surface area contributed by atoms with E-state index < -0.39 is 96.3 Å². The molecule has 96 valence electrons.